The molecule has 0 bridgehead atoms. The maximum atomic E-state index is 12.5. The summed E-state index contributed by atoms with van der Waals surface area (Å²) in [6.07, 6.45) is -2.95. The molecule has 1 aliphatic heterocycles. The molecule has 1 saturated carbocycles. The molecule has 0 radical (unpaired) electrons. The van der Waals surface area contributed by atoms with Crippen LogP contribution < -0.4 is 5.32 Å². The van der Waals surface area contributed by atoms with E-state index in [4.69, 9.17) is 0 Å². The molecule has 1 N–H and O–H groups in total. The first-order chi connectivity index (χ1) is 7.89. The predicted molar refractivity (Wildman–Crippen MR) is 54.3 cm³/mol. The van der Waals surface area contributed by atoms with Gasteiger partial charge in [0.05, 0.1) is 13.0 Å². The van der Waals surface area contributed by atoms with Gasteiger partial charge in [0.1, 0.15) is 6.04 Å². The van der Waals surface area contributed by atoms with Crippen LogP contribution in [-0.4, -0.2) is 31.8 Å². The summed E-state index contributed by atoms with van der Waals surface area (Å²) in [5.41, 5.74) is -0.297. The van der Waals surface area contributed by atoms with Crippen LogP contribution >= 0.6 is 0 Å². The van der Waals surface area contributed by atoms with Crippen LogP contribution in [0.5, 0.6) is 0 Å². The Balaban J connectivity index is 1.97. The van der Waals surface area contributed by atoms with Crippen molar-refractivity contribution in [2.75, 3.05) is 13.7 Å². The van der Waals surface area contributed by atoms with Gasteiger partial charge in [-0.15, -0.1) is 0 Å². The summed E-state index contributed by atoms with van der Waals surface area (Å²) in [7, 11) is 1.30. The first-order valence-electron chi connectivity index (χ1n) is 5.77. The van der Waals surface area contributed by atoms with Gasteiger partial charge in [0.15, 0.2) is 0 Å². The lowest BCUT2D eigenvalue weighted by molar-refractivity contribution is -0.193. The smallest absolute Gasteiger partial charge is 0.391 e. The summed E-state index contributed by atoms with van der Waals surface area (Å²) >= 11 is 0. The summed E-state index contributed by atoms with van der Waals surface area (Å²) < 4.78 is 42.2. The predicted octanol–water partition coefficient (Wildman–Crippen LogP) is 1.87. The summed E-state index contributed by atoms with van der Waals surface area (Å²) in [5.74, 6) is -1.56. The second-order valence-electron chi connectivity index (χ2n) is 5.02. The quantitative estimate of drug-likeness (QED) is 0.723. The van der Waals surface area contributed by atoms with Gasteiger partial charge in [-0.3, -0.25) is 4.79 Å². The number of carbonyl (C=O) groups is 1. The molecule has 0 aromatic carbocycles. The molecule has 2 fully saturated rings. The largest absolute Gasteiger partial charge is 0.468 e. The first kappa shape index (κ1) is 12.7. The van der Waals surface area contributed by atoms with Gasteiger partial charge < -0.3 is 10.1 Å². The number of rotatable bonds is 1. The lowest BCUT2D eigenvalue weighted by Crippen LogP contribution is -2.67. The molecule has 17 heavy (non-hydrogen) atoms. The van der Waals surface area contributed by atoms with Gasteiger partial charge in [-0.05, 0) is 25.7 Å². The van der Waals surface area contributed by atoms with Crippen molar-refractivity contribution in [3.05, 3.63) is 0 Å². The third kappa shape index (κ3) is 2.14. The van der Waals surface area contributed by atoms with Gasteiger partial charge in [0, 0.05) is 12.0 Å². The van der Waals surface area contributed by atoms with E-state index in [0.29, 0.717) is 19.4 Å². The Morgan fingerprint density at radius 2 is 1.94 bits per heavy atom. The monoisotopic (exact) mass is 251 g/mol. The topological polar surface area (TPSA) is 38.3 Å². The van der Waals surface area contributed by atoms with Gasteiger partial charge in [-0.2, -0.15) is 13.2 Å². The van der Waals surface area contributed by atoms with Crippen LogP contribution in [0, 0.1) is 11.3 Å². The second-order valence-corrected chi connectivity index (χ2v) is 5.02. The molecular formula is C11H16F3NO2. The molecule has 2 rings (SSSR count). The van der Waals surface area contributed by atoms with Gasteiger partial charge >= 0.3 is 12.1 Å². The molecule has 1 aliphatic carbocycles. The van der Waals surface area contributed by atoms with Gasteiger partial charge in [0.2, 0.25) is 0 Å². The lowest BCUT2D eigenvalue weighted by Gasteiger charge is -2.52. The van der Waals surface area contributed by atoms with Crippen molar-refractivity contribution in [2.45, 2.75) is 37.9 Å². The Kier molecular flexibility index (Phi) is 3.10. The van der Waals surface area contributed by atoms with E-state index in [1.807, 2.05) is 0 Å². The molecule has 0 amide bonds. The molecule has 2 aliphatic rings. The average Bonchev–Trinajstić information content (AvgIpc) is 2.26. The lowest BCUT2D eigenvalue weighted by atomic mass is 9.62. The SMILES string of the molecule is COC(=O)[C@H]1NCC12CCC(C(F)(F)F)CC2. The fourth-order valence-corrected chi connectivity index (χ4v) is 2.93. The maximum Gasteiger partial charge on any atom is 0.391 e. The van der Waals surface area contributed by atoms with Crippen LogP contribution in [0.1, 0.15) is 25.7 Å². The average molecular weight is 251 g/mol. The van der Waals surface area contributed by atoms with E-state index in [1.165, 1.54) is 7.11 Å². The number of ether oxygens (including phenoxy) is 1. The molecule has 3 nitrogen and oxygen atoms in total. The van der Waals surface area contributed by atoms with E-state index in [2.05, 4.69) is 10.1 Å². The normalized spacial score (nSPS) is 37.6. The summed E-state index contributed by atoms with van der Waals surface area (Å²) in [6.45, 7) is 0.622. The second kappa shape index (κ2) is 4.15. The van der Waals surface area contributed by atoms with Crippen molar-refractivity contribution in [1.82, 2.24) is 5.32 Å². The van der Waals surface area contributed by atoms with Crippen molar-refractivity contribution < 1.29 is 22.7 Å². The number of hydrogen-bond donors (Lipinski definition) is 1. The van der Waals surface area contributed by atoms with Crippen molar-refractivity contribution in [3.8, 4) is 0 Å². The fraction of sp³-hybridized carbons (Fsp3) is 0.909. The summed E-state index contributed by atoms with van der Waals surface area (Å²) in [5, 5.41) is 2.95. The van der Waals surface area contributed by atoms with E-state index >= 15 is 0 Å². The molecule has 1 spiro atoms. The molecule has 0 aromatic heterocycles. The van der Waals surface area contributed by atoms with Gasteiger partial charge in [-0.1, -0.05) is 0 Å². The number of nitrogens with one attached hydrogen (secondary N) is 1. The molecule has 98 valence electrons. The highest BCUT2D eigenvalue weighted by Crippen LogP contribution is 2.49. The van der Waals surface area contributed by atoms with Crippen LogP contribution in [0.4, 0.5) is 13.2 Å². The molecular weight excluding hydrogens is 235 g/mol. The number of hydrogen-bond acceptors (Lipinski definition) is 3. The molecule has 6 heteroatoms. The first-order valence-corrected chi connectivity index (χ1v) is 5.77. The Morgan fingerprint density at radius 1 is 1.35 bits per heavy atom. The number of carbonyl (C=O) groups excluding carboxylic acids is 1. The fourth-order valence-electron chi connectivity index (χ4n) is 2.93. The highest BCUT2D eigenvalue weighted by Gasteiger charge is 2.55. The number of methoxy groups -OCH3 is 1. The van der Waals surface area contributed by atoms with E-state index in [9.17, 15) is 18.0 Å². The van der Waals surface area contributed by atoms with Crippen LogP contribution in [-0.2, 0) is 9.53 Å². The minimum absolute atomic E-state index is 0.124. The molecule has 0 aromatic rings. The Morgan fingerprint density at radius 3 is 2.29 bits per heavy atom. The number of alkyl halides is 3. The van der Waals surface area contributed by atoms with Crippen LogP contribution in [0.15, 0.2) is 0 Å². The highest BCUT2D eigenvalue weighted by atomic mass is 19.4. The molecule has 1 heterocycles. The van der Waals surface area contributed by atoms with Crippen LogP contribution in [0.25, 0.3) is 0 Å². The summed E-state index contributed by atoms with van der Waals surface area (Å²) in [6, 6.07) is -0.415. The van der Waals surface area contributed by atoms with E-state index < -0.39 is 18.1 Å². The zero-order valence-corrected chi connectivity index (χ0v) is 9.64. The highest BCUT2D eigenvalue weighted by molar-refractivity contribution is 5.78. The van der Waals surface area contributed by atoms with Gasteiger partial charge in [-0.25, -0.2) is 0 Å². The van der Waals surface area contributed by atoms with Crippen LogP contribution in [0.2, 0.25) is 0 Å². The van der Waals surface area contributed by atoms with Gasteiger partial charge in [0.25, 0.3) is 0 Å². The Bertz CT molecular complexity index is 308. The zero-order valence-electron chi connectivity index (χ0n) is 9.64. The summed E-state index contributed by atoms with van der Waals surface area (Å²) in [4.78, 5) is 11.4. The molecule has 1 saturated heterocycles. The van der Waals surface area contributed by atoms with E-state index in [-0.39, 0.29) is 24.2 Å². The minimum Gasteiger partial charge on any atom is -0.468 e. The molecule has 0 unspecified atom stereocenters. The van der Waals surface area contributed by atoms with Crippen molar-refractivity contribution in [2.24, 2.45) is 11.3 Å². The van der Waals surface area contributed by atoms with Crippen molar-refractivity contribution in [3.63, 3.8) is 0 Å². The maximum absolute atomic E-state index is 12.5. The van der Waals surface area contributed by atoms with Crippen molar-refractivity contribution >= 4 is 5.97 Å². The Hall–Kier alpha value is -0.780. The Labute approximate surface area is 97.7 Å². The zero-order chi connectivity index (χ0) is 12.7. The van der Waals surface area contributed by atoms with E-state index in [0.717, 1.165) is 0 Å². The third-order valence-electron chi connectivity index (χ3n) is 4.15. The number of esters is 1. The minimum atomic E-state index is -4.10. The standard InChI is InChI=1S/C11H16F3NO2/c1-17-9(16)8-10(6-15-8)4-2-7(3-5-10)11(12,13)14/h7-8,15H,2-6H2,1H3/t7?,8-,10?/m1/s1. The van der Waals surface area contributed by atoms with E-state index in [1.54, 1.807) is 0 Å². The number of halogens is 3. The van der Waals surface area contributed by atoms with Crippen molar-refractivity contribution in [1.29, 1.82) is 0 Å². The molecule has 1 atom stereocenters. The third-order valence-corrected chi connectivity index (χ3v) is 4.15. The van der Waals surface area contributed by atoms with Crippen LogP contribution in [0.3, 0.4) is 0 Å².